The summed E-state index contributed by atoms with van der Waals surface area (Å²) in [6.07, 6.45) is 5.05. The molecule has 1 heterocycles. The SMILES string of the molecule is COc1cc(Cl)c(C=CC2NCCc3cc(OCc4ccccc4)c(OC)cc32)cc1OCc1ccccc1. The van der Waals surface area contributed by atoms with Crippen LogP contribution in [-0.2, 0) is 19.6 Å². The van der Waals surface area contributed by atoms with E-state index in [-0.39, 0.29) is 6.04 Å². The summed E-state index contributed by atoms with van der Waals surface area (Å²) >= 11 is 6.63. The summed E-state index contributed by atoms with van der Waals surface area (Å²) in [4.78, 5) is 0. The predicted molar refractivity (Wildman–Crippen MR) is 156 cm³/mol. The van der Waals surface area contributed by atoms with Crippen LogP contribution >= 0.6 is 11.6 Å². The summed E-state index contributed by atoms with van der Waals surface area (Å²) in [6, 6.07) is 28.1. The molecule has 4 aromatic rings. The number of ether oxygens (including phenoxy) is 4. The Balaban J connectivity index is 1.36. The van der Waals surface area contributed by atoms with Crippen LogP contribution in [0.2, 0.25) is 5.02 Å². The second kappa shape index (κ2) is 12.7. The number of fused-ring (bicyclic) bond motifs is 1. The standard InChI is InChI=1S/C33H32ClNO4/c1-36-30-19-27-25(17-32(30)38-21-23-9-5-3-6-10-23)15-16-35-29(27)14-13-26-18-33(31(37-2)20-28(26)34)39-22-24-11-7-4-8-12-24/h3-14,17-20,29,35H,15-16,21-22H2,1-2H3. The Bertz CT molecular complexity index is 1420. The van der Waals surface area contributed by atoms with Gasteiger partial charge in [0.1, 0.15) is 13.2 Å². The lowest BCUT2D eigenvalue weighted by atomic mass is 9.93. The topological polar surface area (TPSA) is 49.0 Å². The highest BCUT2D eigenvalue weighted by Gasteiger charge is 2.21. The van der Waals surface area contributed by atoms with Gasteiger partial charge in [-0.1, -0.05) is 84.4 Å². The van der Waals surface area contributed by atoms with E-state index in [1.807, 2.05) is 60.7 Å². The first-order valence-corrected chi connectivity index (χ1v) is 13.4. The van der Waals surface area contributed by atoms with Gasteiger partial charge in [0, 0.05) is 12.6 Å². The van der Waals surface area contributed by atoms with Crippen LogP contribution in [-0.4, -0.2) is 20.8 Å². The van der Waals surface area contributed by atoms with Gasteiger partial charge < -0.3 is 24.3 Å². The van der Waals surface area contributed by atoms with Crippen LogP contribution in [0.5, 0.6) is 23.0 Å². The number of hydrogen-bond acceptors (Lipinski definition) is 5. The molecule has 0 saturated heterocycles. The third kappa shape index (κ3) is 6.56. The van der Waals surface area contributed by atoms with Crippen LogP contribution in [0.3, 0.4) is 0 Å². The van der Waals surface area contributed by atoms with Gasteiger partial charge in [0.05, 0.1) is 25.3 Å². The average molecular weight is 542 g/mol. The first-order chi connectivity index (χ1) is 19.1. The van der Waals surface area contributed by atoms with Crippen molar-refractivity contribution in [3.05, 3.63) is 124 Å². The summed E-state index contributed by atoms with van der Waals surface area (Å²) < 4.78 is 23.5. The van der Waals surface area contributed by atoms with Gasteiger partial charge in [-0.05, 0) is 52.4 Å². The third-order valence-corrected chi connectivity index (χ3v) is 7.07. The molecule has 0 amide bonds. The third-order valence-electron chi connectivity index (χ3n) is 6.74. The maximum absolute atomic E-state index is 6.63. The number of hydrogen-bond donors (Lipinski definition) is 1. The summed E-state index contributed by atoms with van der Waals surface area (Å²) in [6.45, 7) is 1.78. The molecule has 0 spiro atoms. The molecule has 39 heavy (non-hydrogen) atoms. The fraction of sp³-hybridized carbons (Fsp3) is 0.212. The average Bonchev–Trinajstić information content (AvgIpc) is 2.99. The van der Waals surface area contributed by atoms with E-state index in [0.717, 1.165) is 41.0 Å². The lowest BCUT2D eigenvalue weighted by Crippen LogP contribution is -2.28. The van der Waals surface area contributed by atoms with Gasteiger partial charge in [0.2, 0.25) is 0 Å². The maximum atomic E-state index is 6.63. The van der Waals surface area contributed by atoms with Crippen LogP contribution in [0.4, 0.5) is 0 Å². The molecule has 200 valence electrons. The first-order valence-electron chi connectivity index (χ1n) is 13.0. The zero-order valence-corrected chi connectivity index (χ0v) is 22.9. The maximum Gasteiger partial charge on any atom is 0.162 e. The largest absolute Gasteiger partial charge is 0.493 e. The minimum absolute atomic E-state index is 0.00215. The molecule has 4 aromatic carbocycles. The van der Waals surface area contributed by atoms with Gasteiger partial charge in [0.15, 0.2) is 23.0 Å². The van der Waals surface area contributed by atoms with Crippen LogP contribution in [0.15, 0.2) is 91.0 Å². The Morgan fingerprint density at radius 1 is 0.769 bits per heavy atom. The predicted octanol–water partition coefficient (Wildman–Crippen LogP) is 7.42. The number of halogens is 1. The van der Waals surface area contributed by atoms with Crippen molar-refractivity contribution in [1.82, 2.24) is 5.32 Å². The second-order valence-electron chi connectivity index (χ2n) is 9.32. The Hall–Kier alpha value is -3.93. The van der Waals surface area contributed by atoms with E-state index < -0.39 is 0 Å². The molecule has 1 aliphatic rings. The Morgan fingerprint density at radius 2 is 1.36 bits per heavy atom. The molecule has 1 atom stereocenters. The number of nitrogens with one attached hydrogen (secondary N) is 1. The van der Waals surface area contributed by atoms with Crippen molar-refractivity contribution in [2.45, 2.75) is 25.7 Å². The number of benzene rings is 4. The zero-order chi connectivity index (χ0) is 27.0. The molecule has 6 heteroatoms. The lowest BCUT2D eigenvalue weighted by Gasteiger charge is -2.26. The Labute approximate surface area is 234 Å². The fourth-order valence-electron chi connectivity index (χ4n) is 4.66. The minimum atomic E-state index is -0.00215. The molecular weight excluding hydrogens is 510 g/mol. The normalized spacial score (nSPS) is 14.6. The summed E-state index contributed by atoms with van der Waals surface area (Å²) in [5, 5.41) is 4.19. The zero-order valence-electron chi connectivity index (χ0n) is 22.2. The van der Waals surface area contributed by atoms with E-state index in [9.17, 15) is 0 Å². The molecule has 1 unspecified atom stereocenters. The number of rotatable bonds is 10. The molecule has 0 saturated carbocycles. The molecular formula is C33H32ClNO4. The van der Waals surface area contributed by atoms with Crippen molar-refractivity contribution in [2.75, 3.05) is 20.8 Å². The van der Waals surface area contributed by atoms with Crippen molar-refractivity contribution in [3.63, 3.8) is 0 Å². The van der Waals surface area contributed by atoms with Gasteiger partial charge in [-0.15, -0.1) is 0 Å². The van der Waals surface area contributed by atoms with Gasteiger partial charge in [-0.2, -0.15) is 0 Å². The van der Waals surface area contributed by atoms with Crippen LogP contribution in [0, 0.1) is 0 Å². The summed E-state index contributed by atoms with van der Waals surface area (Å²) in [7, 11) is 3.29. The van der Waals surface area contributed by atoms with E-state index in [0.29, 0.717) is 35.5 Å². The summed E-state index contributed by atoms with van der Waals surface area (Å²) in [5.41, 5.74) is 5.44. The monoisotopic (exact) mass is 541 g/mol. The highest BCUT2D eigenvalue weighted by atomic mass is 35.5. The molecule has 5 rings (SSSR count). The summed E-state index contributed by atoms with van der Waals surface area (Å²) in [5.74, 6) is 2.71. The fourth-order valence-corrected chi connectivity index (χ4v) is 4.88. The first kappa shape index (κ1) is 26.7. The lowest BCUT2D eigenvalue weighted by molar-refractivity contribution is 0.283. The van der Waals surface area contributed by atoms with Crippen LogP contribution in [0.1, 0.15) is 33.9 Å². The molecule has 0 bridgehead atoms. The Kier molecular flexibility index (Phi) is 8.71. The highest BCUT2D eigenvalue weighted by Crippen LogP contribution is 2.38. The molecule has 0 aliphatic carbocycles. The van der Waals surface area contributed by atoms with E-state index in [1.165, 1.54) is 5.56 Å². The minimum Gasteiger partial charge on any atom is -0.493 e. The molecule has 1 aliphatic heterocycles. The van der Waals surface area contributed by atoms with Gasteiger partial charge in [-0.3, -0.25) is 0 Å². The van der Waals surface area contributed by atoms with Crippen LogP contribution in [0.25, 0.3) is 6.08 Å². The quantitative estimate of drug-likeness (QED) is 0.226. The van der Waals surface area contributed by atoms with E-state index in [2.05, 4.69) is 35.7 Å². The molecule has 1 N–H and O–H groups in total. The smallest absolute Gasteiger partial charge is 0.162 e. The van der Waals surface area contributed by atoms with Crippen LogP contribution < -0.4 is 24.3 Å². The van der Waals surface area contributed by atoms with Crippen molar-refractivity contribution in [1.29, 1.82) is 0 Å². The van der Waals surface area contributed by atoms with Gasteiger partial charge in [0.25, 0.3) is 0 Å². The number of methoxy groups -OCH3 is 2. The van der Waals surface area contributed by atoms with Gasteiger partial charge in [-0.25, -0.2) is 0 Å². The van der Waals surface area contributed by atoms with Gasteiger partial charge >= 0.3 is 0 Å². The molecule has 0 radical (unpaired) electrons. The molecule has 5 nitrogen and oxygen atoms in total. The van der Waals surface area contributed by atoms with E-state index >= 15 is 0 Å². The van der Waals surface area contributed by atoms with E-state index in [4.69, 9.17) is 30.5 Å². The van der Waals surface area contributed by atoms with Crippen molar-refractivity contribution in [3.8, 4) is 23.0 Å². The van der Waals surface area contributed by atoms with Crippen molar-refractivity contribution >= 4 is 17.7 Å². The Morgan fingerprint density at radius 3 is 1.97 bits per heavy atom. The van der Waals surface area contributed by atoms with E-state index in [1.54, 1.807) is 20.3 Å². The highest BCUT2D eigenvalue weighted by molar-refractivity contribution is 6.32. The van der Waals surface area contributed by atoms with Crippen molar-refractivity contribution in [2.24, 2.45) is 0 Å². The molecule has 0 aromatic heterocycles. The molecule has 0 fully saturated rings. The van der Waals surface area contributed by atoms with Crippen molar-refractivity contribution < 1.29 is 18.9 Å². The second-order valence-corrected chi connectivity index (χ2v) is 9.72.